The van der Waals surface area contributed by atoms with E-state index in [2.05, 4.69) is 5.32 Å². The van der Waals surface area contributed by atoms with Crippen LogP contribution in [0, 0.1) is 0 Å². The second-order valence-electron chi connectivity index (χ2n) is 4.70. The van der Waals surface area contributed by atoms with Gasteiger partial charge in [-0.1, -0.05) is 6.92 Å². The molecule has 2 unspecified atom stereocenters. The number of carboxylic acids is 1. The molecule has 1 aliphatic heterocycles. The van der Waals surface area contributed by atoms with E-state index in [0.29, 0.717) is 6.54 Å². The quantitative estimate of drug-likeness (QED) is 0.790. The highest BCUT2D eigenvalue weighted by Crippen LogP contribution is 2.19. The van der Waals surface area contributed by atoms with Crippen molar-refractivity contribution in [1.82, 2.24) is 10.2 Å². The van der Waals surface area contributed by atoms with Crippen LogP contribution >= 0.6 is 0 Å². The van der Waals surface area contributed by atoms with Crippen molar-refractivity contribution >= 4 is 12.0 Å². The van der Waals surface area contributed by atoms with E-state index in [-0.39, 0.29) is 24.5 Å². The van der Waals surface area contributed by atoms with Crippen LogP contribution in [0.1, 0.15) is 46.0 Å². The fourth-order valence-electron chi connectivity index (χ4n) is 2.08. The zero-order chi connectivity index (χ0) is 12.8. The first kappa shape index (κ1) is 13.8. The number of carbonyl (C=O) groups is 2. The summed E-state index contributed by atoms with van der Waals surface area (Å²) in [5.41, 5.74) is 0. The lowest BCUT2D eigenvalue weighted by Gasteiger charge is -2.35. The SMILES string of the molecule is CCC(C)NC(=O)N1CCCCC1CC(=O)O. The number of nitrogens with zero attached hydrogens (tertiary/aromatic N) is 1. The Labute approximate surface area is 102 Å². The zero-order valence-corrected chi connectivity index (χ0v) is 10.6. The molecule has 0 aromatic carbocycles. The molecule has 5 heteroatoms. The Hall–Kier alpha value is -1.26. The molecule has 0 saturated carbocycles. The van der Waals surface area contributed by atoms with Gasteiger partial charge >= 0.3 is 12.0 Å². The molecule has 1 rings (SSSR count). The van der Waals surface area contributed by atoms with Gasteiger partial charge in [0, 0.05) is 18.6 Å². The van der Waals surface area contributed by atoms with E-state index >= 15 is 0 Å². The van der Waals surface area contributed by atoms with Gasteiger partial charge in [-0.05, 0) is 32.6 Å². The molecule has 1 aliphatic rings. The molecule has 1 saturated heterocycles. The summed E-state index contributed by atoms with van der Waals surface area (Å²) in [6, 6.07) is -0.134. The van der Waals surface area contributed by atoms with Crippen molar-refractivity contribution in [3.63, 3.8) is 0 Å². The normalized spacial score (nSPS) is 22.0. The second kappa shape index (κ2) is 6.47. The van der Waals surface area contributed by atoms with Crippen LogP contribution in [-0.4, -0.2) is 40.6 Å². The van der Waals surface area contributed by atoms with E-state index in [1.54, 1.807) is 4.90 Å². The summed E-state index contributed by atoms with van der Waals surface area (Å²) < 4.78 is 0. The number of aliphatic carboxylic acids is 1. The lowest BCUT2D eigenvalue weighted by atomic mass is 10.00. The van der Waals surface area contributed by atoms with Gasteiger partial charge in [0.1, 0.15) is 0 Å². The van der Waals surface area contributed by atoms with E-state index in [0.717, 1.165) is 25.7 Å². The third-order valence-corrected chi connectivity index (χ3v) is 3.28. The number of likely N-dealkylation sites (tertiary alicyclic amines) is 1. The van der Waals surface area contributed by atoms with Crippen LogP contribution in [0.25, 0.3) is 0 Å². The topological polar surface area (TPSA) is 69.6 Å². The monoisotopic (exact) mass is 242 g/mol. The number of hydrogen-bond donors (Lipinski definition) is 2. The Bertz CT molecular complexity index is 281. The predicted molar refractivity (Wildman–Crippen MR) is 64.9 cm³/mol. The minimum Gasteiger partial charge on any atom is -0.481 e. The molecule has 1 fully saturated rings. The van der Waals surface area contributed by atoms with E-state index in [4.69, 9.17) is 5.11 Å². The lowest BCUT2D eigenvalue weighted by Crippen LogP contribution is -2.51. The number of rotatable bonds is 4. The average Bonchev–Trinajstić information content (AvgIpc) is 2.28. The van der Waals surface area contributed by atoms with Gasteiger partial charge in [-0.3, -0.25) is 4.79 Å². The minimum absolute atomic E-state index is 0.0495. The number of nitrogens with one attached hydrogen (secondary N) is 1. The van der Waals surface area contributed by atoms with Gasteiger partial charge in [-0.2, -0.15) is 0 Å². The van der Waals surface area contributed by atoms with Gasteiger partial charge in [0.05, 0.1) is 6.42 Å². The van der Waals surface area contributed by atoms with Gasteiger partial charge < -0.3 is 15.3 Å². The number of carbonyl (C=O) groups excluding carboxylic acids is 1. The Morgan fingerprint density at radius 2 is 2.18 bits per heavy atom. The predicted octanol–water partition coefficient (Wildman–Crippen LogP) is 1.82. The van der Waals surface area contributed by atoms with Crippen molar-refractivity contribution in [3.8, 4) is 0 Å². The molecule has 0 aliphatic carbocycles. The Morgan fingerprint density at radius 3 is 2.76 bits per heavy atom. The highest BCUT2D eigenvalue weighted by atomic mass is 16.4. The van der Waals surface area contributed by atoms with Crippen LogP contribution in [0.3, 0.4) is 0 Å². The van der Waals surface area contributed by atoms with Crippen molar-refractivity contribution in [3.05, 3.63) is 0 Å². The number of urea groups is 1. The Morgan fingerprint density at radius 1 is 1.47 bits per heavy atom. The fourth-order valence-corrected chi connectivity index (χ4v) is 2.08. The molecule has 17 heavy (non-hydrogen) atoms. The molecule has 0 bridgehead atoms. The van der Waals surface area contributed by atoms with Crippen LogP contribution in [0.5, 0.6) is 0 Å². The third-order valence-electron chi connectivity index (χ3n) is 3.28. The van der Waals surface area contributed by atoms with E-state index in [1.807, 2.05) is 13.8 Å². The molecular weight excluding hydrogens is 220 g/mol. The van der Waals surface area contributed by atoms with Crippen LogP contribution < -0.4 is 5.32 Å². The molecular formula is C12H22N2O3. The van der Waals surface area contributed by atoms with E-state index in [9.17, 15) is 9.59 Å². The van der Waals surface area contributed by atoms with Gasteiger partial charge in [0.2, 0.25) is 0 Å². The molecule has 2 N–H and O–H groups in total. The van der Waals surface area contributed by atoms with Crippen LogP contribution in [0.4, 0.5) is 4.79 Å². The maximum Gasteiger partial charge on any atom is 0.317 e. The summed E-state index contributed by atoms with van der Waals surface area (Å²) >= 11 is 0. The maximum atomic E-state index is 12.0. The summed E-state index contributed by atoms with van der Waals surface area (Å²) in [7, 11) is 0. The van der Waals surface area contributed by atoms with Gasteiger partial charge in [0.25, 0.3) is 0 Å². The minimum atomic E-state index is -0.835. The Kier molecular flexibility index (Phi) is 5.25. The number of carboxylic acid groups (broad SMARTS) is 1. The fraction of sp³-hybridized carbons (Fsp3) is 0.833. The van der Waals surface area contributed by atoms with Crippen molar-refractivity contribution in [2.45, 2.75) is 58.0 Å². The highest BCUT2D eigenvalue weighted by Gasteiger charge is 2.28. The smallest absolute Gasteiger partial charge is 0.317 e. The Balaban J connectivity index is 2.57. The average molecular weight is 242 g/mol. The van der Waals surface area contributed by atoms with Crippen molar-refractivity contribution < 1.29 is 14.7 Å². The van der Waals surface area contributed by atoms with Crippen LogP contribution in [0.2, 0.25) is 0 Å². The van der Waals surface area contributed by atoms with Crippen molar-refractivity contribution in [2.24, 2.45) is 0 Å². The summed E-state index contributed by atoms with van der Waals surface area (Å²) in [6.07, 6.45) is 3.69. The van der Waals surface area contributed by atoms with E-state index in [1.165, 1.54) is 0 Å². The van der Waals surface area contributed by atoms with Gasteiger partial charge in [0.15, 0.2) is 0 Å². The van der Waals surface area contributed by atoms with Gasteiger partial charge in [-0.25, -0.2) is 4.79 Å². The first-order chi connectivity index (χ1) is 8.04. The zero-order valence-electron chi connectivity index (χ0n) is 10.6. The molecule has 98 valence electrons. The van der Waals surface area contributed by atoms with Crippen LogP contribution in [-0.2, 0) is 4.79 Å². The molecule has 0 radical (unpaired) electrons. The number of piperidine rings is 1. The van der Waals surface area contributed by atoms with Crippen molar-refractivity contribution in [2.75, 3.05) is 6.54 Å². The first-order valence-electron chi connectivity index (χ1n) is 6.33. The van der Waals surface area contributed by atoms with Crippen LogP contribution in [0.15, 0.2) is 0 Å². The number of hydrogen-bond acceptors (Lipinski definition) is 2. The molecule has 5 nitrogen and oxygen atoms in total. The second-order valence-corrected chi connectivity index (χ2v) is 4.70. The molecule has 2 amide bonds. The summed E-state index contributed by atoms with van der Waals surface area (Å²) in [5.74, 6) is -0.835. The molecule has 0 spiro atoms. The highest BCUT2D eigenvalue weighted by molar-refractivity contribution is 5.76. The lowest BCUT2D eigenvalue weighted by molar-refractivity contribution is -0.138. The largest absolute Gasteiger partial charge is 0.481 e. The standard InChI is InChI=1S/C12H22N2O3/c1-3-9(2)13-12(17)14-7-5-4-6-10(14)8-11(15)16/h9-10H,3-8H2,1-2H3,(H,13,17)(H,15,16). The van der Waals surface area contributed by atoms with E-state index < -0.39 is 5.97 Å². The third kappa shape index (κ3) is 4.24. The summed E-state index contributed by atoms with van der Waals surface area (Å²) in [4.78, 5) is 24.4. The summed E-state index contributed by atoms with van der Waals surface area (Å²) in [6.45, 7) is 4.63. The van der Waals surface area contributed by atoms with Gasteiger partial charge in [-0.15, -0.1) is 0 Å². The first-order valence-corrected chi connectivity index (χ1v) is 6.33. The van der Waals surface area contributed by atoms with Crippen molar-refractivity contribution in [1.29, 1.82) is 0 Å². The molecule has 2 atom stereocenters. The molecule has 0 aromatic heterocycles. The maximum absolute atomic E-state index is 12.0. The number of amides is 2. The summed E-state index contributed by atoms with van der Waals surface area (Å²) in [5, 5.41) is 11.7. The molecule has 1 heterocycles. The molecule has 0 aromatic rings.